The van der Waals surface area contributed by atoms with Crippen molar-refractivity contribution in [2.75, 3.05) is 0 Å². The third-order valence-electron chi connectivity index (χ3n) is 2.32. The average molecular weight is 315 g/mol. The summed E-state index contributed by atoms with van der Waals surface area (Å²) in [7, 11) is 0. The first-order chi connectivity index (χ1) is 8.06. The molecule has 2 N–H and O–H groups in total. The Kier molecular flexibility index (Phi) is 3.63. The van der Waals surface area contributed by atoms with Crippen LogP contribution in [0.1, 0.15) is 17.9 Å². The maximum absolute atomic E-state index is 10.5. The first-order valence-corrected chi connectivity index (χ1v) is 6.70. The molecule has 0 fully saturated rings. The van der Waals surface area contributed by atoms with E-state index >= 15 is 0 Å². The van der Waals surface area contributed by atoms with E-state index in [-0.39, 0.29) is 6.42 Å². The Labute approximate surface area is 111 Å². The van der Waals surface area contributed by atoms with Crippen molar-refractivity contribution in [3.05, 3.63) is 27.4 Å². The van der Waals surface area contributed by atoms with Crippen LogP contribution in [0, 0.1) is 6.92 Å². The number of nitrogens with one attached hydrogen (secondary N) is 1. The lowest BCUT2D eigenvalue weighted by molar-refractivity contribution is -0.137. The fourth-order valence-electron chi connectivity index (χ4n) is 1.55. The summed E-state index contributed by atoms with van der Waals surface area (Å²) in [6, 6.07) is 3.98. The number of carboxylic acid groups (broad SMARTS) is 1. The van der Waals surface area contributed by atoms with E-state index in [9.17, 15) is 4.79 Å². The average Bonchev–Trinajstić information content (AvgIpc) is 2.82. The van der Waals surface area contributed by atoms with Crippen molar-refractivity contribution < 1.29 is 9.90 Å². The molecular formula is C11H11BrN2O2S. The molecule has 2 aromatic rings. The minimum atomic E-state index is -0.806. The normalized spacial score (nSPS) is 10.7. The lowest BCUT2D eigenvalue weighted by atomic mass is 10.3. The molecule has 2 rings (SSSR count). The van der Waals surface area contributed by atoms with Crippen LogP contribution in [0.2, 0.25) is 0 Å². The van der Waals surface area contributed by atoms with Crippen molar-refractivity contribution in [1.29, 1.82) is 0 Å². The molecule has 4 nitrogen and oxygen atoms in total. The molecule has 0 amide bonds. The SMILES string of the molecule is Cc1[nH]c(CCC(=O)O)nc1-c1ccc(Br)s1. The Morgan fingerprint density at radius 1 is 1.59 bits per heavy atom. The molecule has 0 saturated carbocycles. The van der Waals surface area contributed by atoms with Crippen LogP contribution in [0.3, 0.4) is 0 Å². The second-order valence-corrected chi connectivity index (χ2v) is 6.12. The van der Waals surface area contributed by atoms with Crippen LogP contribution < -0.4 is 0 Å². The number of aliphatic carboxylic acids is 1. The molecule has 0 aromatic carbocycles. The summed E-state index contributed by atoms with van der Waals surface area (Å²) in [6.07, 6.45) is 0.531. The number of H-pyrrole nitrogens is 1. The smallest absolute Gasteiger partial charge is 0.303 e. The molecule has 0 radical (unpaired) electrons. The fourth-order valence-corrected chi connectivity index (χ4v) is 2.98. The Bertz CT molecular complexity index is 547. The molecule has 0 aliphatic rings. The number of rotatable bonds is 4. The summed E-state index contributed by atoms with van der Waals surface area (Å²) in [5.74, 6) is -0.0797. The highest BCUT2D eigenvalue weighted by Crippen LogP contribution is 2.31. The number of carboxylic acids is 1. The number of aryl methyl sites for hydroxylation is 2. The Hall–Kier alpha value is -1.14. The lowest BCUT2D eigenvalue weighted by Crippen LogP contribution is -1.98. The number of halogens is 1. The van der Waals surface area contributed by atoms with E-state index < -0.39 is 5.97 Å². The van der Waals surface area contributed by atoms with Crippen LogP contribution in [-0.2, 0) is 11.2 Å². The third-order valence-corrected chi connectivity index (χ3v) is 3.95. The predicted octanol–water partition coefficient (Wildman–Crippen LogP) is 3.23. The second-order valence-electron chi connectivity index (χ2n) is 3.65. The molecule has 90 valence electrons. The molecule has 0 spiro atoms. The topological polar surface area (TPSA) is 66.0 Å². The predicted molar refractivity (Wildman–Crippen MR) is 70.3 cm³/mol. The molecule has 0 aliphatic carbocycles. The monoisotopic (exact) mass is 314 g/mol. The summed E-state index contributed by atoms with van der Waals surface area (Å²) < 4.78 is 1.06. The van der Waals surface area contributed by atoms with Gasteiger partial charge in [0.2, 0.25) is 0 Å². The van der Waals surface area contributed by atoms with Crippen molar-refractivity contribution in [3.8, 4) is 10.6 Å². The molecule has 0 atom stereocenters. The lowest BCUT2D eigenvalue weighted by Gasteiger charge is -1.91. The number of carbonyl (C=O) groups is 1. The van der Waals surface area contributed by atoms with Gasteiger partial charge < -0.3 is 10.1 Å². The van der Waals surface area contributed by atoms with Gasteiger partial charge in [-0.2, -0.15) is 0 Å². The van der Waals surface area contributed by atoms with Crippen molar-refractivity contribution in [2.24, 2.45) is 0 Å². The van der Waals surface area contributed by atoms with Gasteiger partial charge in [0.1, 0.15) is 11.5 Å². The van der Waals surface area contributed by atoms with E-state index in [0.29, 0.717) is 6.42 Å². The van der Waals surface area contributed by atoms with Crippen molar-refractivity contribution in [1.82, 2.24) is 9.97 Å². The molecule has 0 saturated heterocycles. The van der Waals surface area contributed by atoms with Crippen molar-refractivity contribution >= 4 is 33.2 Å². The van der Waals surface area contributed by atoms with Gasteiger partial charge in [0.05, 0.1) is 15.1 Å². The molecule has 0 unspecified atom stereocenters. The highest BCUT2D eigenvalue weighted by atomic mass is 79.9. The minimum absolute atomic E-state index is 0.0977. The summed E-state index contributed by atoms with van der Waals surface area (Å²) in [4.78, 5) is 19.1. The molecule has 2 heterocycles. The van der Waals surface area contributed by atoms with Gasteiger partial charge in [-0.05, 0) is 35.0 Å². The highest BCUT2D eigenvalue weighted by Gasteiger charge is 2.11. The van der Waals surface area contributed by atoms with Gasteiger partial charge >= 0.3 is 5.97 Å². The van der Waals surface area contributed by atoms with Gasteiger partial charge in [-0.3, -0.25) is 4.79 Å². The number of hydrogen-bond acceptors (Lipinski definition) is 3. The van der Waals surface area contributed by atoms with Gasteiger partial charge in [0, 0.05) is 12.1 Å². The van der Waals surface area contributed by atoms with Crippen molar-refractivity contribution in [3.63, 3.8) is 0 Å². The van der Waals surface area contributed by atoms with Crippen LogP contribution in [0.4, 0.5) is 0 Å². The van der Waals surface area contributed by atoms with E-state index in [1.807, 2.05) is 19.1 Å². The summed E-state index contributed by atoms with van der Waals surface area (Å²) >= 11 is 5.02. The van der Waals surface area contributed by atoms with Crippen molar-refractivity contribution in [2.45, 2.75) is 19.8 Å². The Morgan fingerprint density at radius 2 is 2.35 bits per heavy atom. The number of aromatic amines is 1. The van der Waals surface area contributed by atoms with E-state index in [1.54, 1.807) is 11.3 Å². The Morgan fingerprint density at radius 3 is 2.94 bits per heavy atom. The molecule has 0 aliphatic heterocycles. The summed E-state index contributed by atoms with van der Waals surface area (Å²) in [5.41, 5.74) is 1.88. The quantitative estimate of drug-likeness (QED) is 0.910. The fraction of sp³-hybridized carbons (Fsp3) is 0.273. The molecule has 17 heavy (non-hydrogen) atoms. The molecule has 6 heteroatoms. The zero-order valence-corrected chi connectivity index (χ0v) is 11.6. The van der Waals surface area contributed by atoms with Crippen LogP contribution in [-0.4, -0.2) is 21.0 Å². The zero-order valence-electron chi connectivity index (χ0n) is 9.16. The number of aromatic nitrogens is 2. The van der Waals surface area contributed by atoms with Crippen LogP contribution in [0.5, 0.6) is 0 Å². The maximum atomic E-state index is 10.5. The molecule has 2 aromatic heterocycles. The van der Waals surface area contributed by atoms with Gasteiger partial charge in [-0.25, -0.2) is 4.98 Å². The number of thiophene rings is 1. The van der Waals surface area contributed by atoms with Gasteiger partial charge in [-0.15, -0.1) is 11.3 Å². The maximum Gasteiger partial charge on any atom is 0.303 e. The van der Waals surface area contributed by atoms with Gasteiger partial charge in [0.15, 0.2) is 0 Å². The van der Waals surface area contributed by atoms with E-state index in [1.165, 1.54) is 0 Å². The Balaban J connectivity index is 2.21. The first kappa shape index (κ1) is 12.3. The zero-order chi connectivity index (χ0) is 12.4. The van der Waals surface area contributed by atoms with E-state index in [0.717, 1.165) is 25.9 Å². The molecular weight excluding hydrogens is 304 g/mol. The standard InChI is InChI=1S/C11H11BrN2O2S/c1-6-11(7-2-3-8(12)17-7)14-9(13-6)4-5-10(15)16/h2-3H,4-5H2,1H3,(H,13,14)(H,15,16). The second kappa shape index (κ2) is 5.01. The van der Waals surface area contributed by atoms with Crippen LogP contribution >= 0.6 is 27.3 Å². The summed E-state index contributed by atoms with van der Waals surface area (Å²) in [5, 5.41) is 8.63. The summed E-state index contributed by atoms with van der Waals surface area (Å²) in [6.45, 7) is 1.94. The number of hydrogen-bond donors (Lipinski definition) is 2. The third kappa shape index (κ3) is 2.95. The van der Waals surface area contributed by atoms with Crippen LogP contribution in [0.15, 0.2) is 15.9 Å². The highest BCUT2D eigenvalue weighted by molar-refractivity contribution is 9.11. The van der Waals surface area contributed by atoms with Gasteiger partial charge in [0.25, 0.3) is 0 Å². The van der Waals surface area contributed by atoms with Gasteiger partial charge in [-0.1, -0.05) is 0 Å². The number of imidazole rings is 1. The first-order valence-electron chi connectivity index (χ1n) is 5.09. The van der Waals surface area contributed by atoms with E-state index in [4.69, 9.17) is 5.11 Å². The largest absolute Gasteiger partial charge is 0.481 e. The minimum Gasteiger partial charge on any atom is -0.481 e. The van der Waals surface area contributed by atoms with Crippen LogP contribution in [0.25, 0.3) is 10.6 Å². The van der Waals surface area contributed by atoms with E-state index in [2.05, 4.69) is 25.9 Å². The number of nitrogens with zero attached hydrogens (tertiary/aromatic N) is 1. The molecule has 0 bridgehead atoms.